The maximum absolute atomic E-state index is 11.2. The van der Waals surface area contributed by atoms with Crippen LogP contribution in [0.2, 0.25) is 0 Å². The van der Waals surface area contributed by atoms with Crippen LogP contribution in [-0.4, -0.2) is 33.4 Å². The number of carbonyl (C=O) groups is 2. The van der Waals surface area contributed by atoms with Gasteiger partial charge >= 0.3 is 11.9 Å². The number of hydrogen-bond donors (Lipinski definition) is 3. The molecule has 1 atom stereocenters. The van der Waals surface area contributed by atoms with Gasteiger partial charge in [0.1, 0.15) is 0 Å². The van der Waals surface area contributed by atoms with Gasteiger partial charge in [-0.1, -0.05) is 58.3 Å². The smallest absolute Gasteiger partial charge is 0.323 e. The number of hydrogen-bond acceptors (Lipinski definition) is 3. The van der Waals surface area contributed by atoms with E-state index in [1.165, 1.54) is 32.6 Å². The first-order valence-electron chi connectivity index (χ1n) is 7.54. The Bertz CT molecular complexity index is 285. The summed E-state index contributed by atoms with van der Waals surface area (Å²) in [6, 6.07) is 0. The molecule has 5 nitrogen and oxygen atoms in total. The first-order valence-corrected chi connectivity index (χ1v) is 7.54. The number of rotatable bonds is 12. The molecule has 0 aliphatic heterocycles. The van der Waals surface area contributed by atoms with Crippen molar-refractivity contribution in [2.24, 2.45) is 5.41 Å². The fourth-order valence-corrected chi connectivity index (χ4v) is 2.41. The van der Waals surface area contributed by atoms with Crippen LogP contribution in [0.5, 0.6) is 0 Å². The van der Waals surface area contributed by atoms with E-state index < -0.39 is 23.5 Å². The van der Waals surface area contributed by atoms with Crippen LogP contribution >= 0.6 is 0 Å². The van der Waals surface area contributed by atoms with Gasteiger partial charge in [0.15, 0.2) is 5.41 Å². The van der Waals surface area contributed by atoms with Gasteiger partial charge in [-0.15, -0.1) is 0 Å². The summed E-state index contributed by atoms with van der Waals surface area (Å²) >= 11 is 0. The molecule has 0 aliphatic carbocycles. The van der Waals surface area contributed by atoms with Crippen molar-refractivity contribution in [2.75, 3.05) is 0 Å². The second-order valence-electron chi connectivity index (χ2n) is 5.48. The summed E-state index contributed by atoms with van der Waals surface area (Å²) in [7, 11) is 0. The van der Waals surface area contributed by atoms with Gasteiger partial charge in [-0.2, -0.15) is 0 Å². The molecule has 20 heavy (non-hydrogen) atoms. The summed E-state index contributed by atoms with van der Waals surface area (Å²) in [5, 5.41) is 27.8. The highest BCUT2D eigenvalue weighted by molar-refractivity contribution is 5.98. The maximum Gasteiger partial charge on any atom is 0.323 e. The van der Waals surface area contributed by atoms with Gasteiger partial charge in [0, 0.05) is 0 Å². The van der Waals surface area contributed by atoms with E-state index in [0.717, 1.165) is 19.3 Å². The van der Waals surface area contributed by atoms with Crippen molar-refractivity contribution in [1.82, 2.24) is 0 Å². The summed E-state index contributed by atoms with van der Waals surface area (Å²) in [6.45, 7) is 3.39. The second-order valence-corrected chi connectivity index (χ2v) is 5.48. The van der Waals surface area contributed by atoms with E-state index in [1.54, 1.807) is 0 Å². The minimum atomic E-state index is -2.07. The summed E-state index contributed by atoms with van der Waals surface area (Å²) in [6.07, 6.45) is 6.81. The highest BCUT2D eigenvalue weighted by Gasteiger charge is 2.50. The Morgan fingerprint density at radius 1 is 0.900 bits per heavy atom. The zero-order chi connectivity index (χ0) is 15.6. The monoisotopic (exact) mass is 288 g/mol. The molecule has 0 amide bonds. The van der Waals surface area contributed by atoms with Gasteiger partial charge in [-0.25, -0.2) is 0 Å². The maximum atomic E-state index is 11.2. The van der Waals surface area contributed by atoms with Crippen molar-refractivity contribution >= 4 is 11.9 Å². The topological polar surface area (TPSA) is 94.8 Å². The zero-order valence-electron chi connectivity index (χ0n) is 12.6. The van der Waals surface area contributed by atoms with Crippen LogP contribution < -0.4 is 0 Å². The highest BCUT2D eigenvalue weighted by atomic mass is 16.4. The average Bonchev–Trinajstić information content (AvgIpc) is 2.35. The fourth-order valence-electron chi connectivity index (χ4n) is 2.41. The molecule has 0 saturated carbocycles. The van der Waals surface area contributed by atoms with Gasteiger partial charge in [-0.05, 0) is 13.3 Å². The third kappa shape index (κ3) is 5.49. The Balaban J connectivity index is 4.11. The fraction of sp³-hybridized carbons (Fsp3) is 0.867. The van der Waals surface area contributed by atoms with E-state index in [9.17, 15) is 14.7 Å². The molecule has 0 saturated heterocycles. The lowest BCUT2D eigenvalue weighted by Gasteiger charge is -2.27. The molecular weight excluding hydrogens is 260 g/mol. The predicted molar refractivity (Wildman–Crippen MR) is 76.6 cm³/mol. The van der Waals surface area contributed by atoms with Crippen LogP contribution in [0, 0.1) is 5.41 Å². The molecule has 0 fully saturated rings. The summed E-state index contributed by atoms with van der Waals surface area (Å²) in [5.41, 5.74) is -2.07. The number of aliphatic carboxylic acids is 2. The van der Waals surface area contributed by atoms with E-state index in [1.807, 2.05) is 0 Å². The largest absolute Gasteiger partial charge is 0.480 e. The molecule has 0 aromatic rings. The molecular formula is C15H28O5. The molecule has 5 heteroatoms. The van der Waals surface area contributed by atoms with Crippen LogP contribution in [0.1, 0.15) is 71.6 Å². The van der Waals surface area contributed by atoms with E-state index in [4.69, 9.17) is 10.2 Å². The van der Waals surface area contributed by atoms with E-state index >= 15 is 0 Å². The normalized spacial score (nSPS) is 13.2. The molecule has 0 heterocycles. The van der Waals surface area contributed by atoms with Crippen LogP contribution in [0.15, 0.2) is 0 Å². The number of carboxylic acids is 2. The van der Waals surface area contributed by atoms with E-state index in [2.05, 4.69) is 6.92 Å². The standard InChI is InChI=1S/C15H28O5/c1-3-4-5-6-7-8-9-10-11-15(12(2)16,13(17)18)14(19)20/h12,16H,3-11H2,1-2H3,(H,17,18)(H,19,20). The Morgan fingerprint density at radius 3 is 1.65 bits per heavy atom. The first-order chi connectivity index (χ1) is 9.39. The SMILES string of the molecule is CCCCCCCCCCC(C(=O)O)(C(=O)O)C(C)O. The Labute approximate surface area is 121 Å². The molecule has 0 aromatic heterocycles. The number of carboxylic acid groups (broad SMARTS) is 2. The molecule has 0 spiro atoms. The summed E-state index contributed by atoms with van der Waals surface area (Å²) in [4.78, 5) is 22.4. The highest BCUT2D eigenvalue weighted by Crippen LogP contribution is 2.30. The molecule has 0 aliphatic rings. The minimum absolute atomic E-state index is 0.0235. The molecule has 0 radical (unpaired) electrons. The van der Waals surface area contributed by atoms with Crippen LogP contribution in [0.25, 0.3) is 0 Å². The zero-order valence-corrected chi connectivity index (χ0v) is 12.6. The molecule has 1 unspecified atom stereocenters. The number of aliphatic hydroxyl groups is 1. The van der Waals surface area contributed by atoms with Crippen LogP contribution in [-0.2, 0) is 9.59 Å². The average molecular weight is 288 g/mol. The van der Waals surface area contributed by atoms with Crippen molar-refractivity contribution < 1.29 is 24.9 Å². The summed E-state index contributed by atoms with van der Waals surface area (Å²) in [5.74, 6) is -2.91. The first kappa shape index (κ1) is 18.9. The van der Waals surface area contributed by atoms with Gasteiger partial charge in [0.05, 0.1) is 6.10 Å². The summed E-state index contributed by atoms with van der Waals surface area (Å²) < 4.78 is 0. The number of aliphatic hydroxyl groups excluding tert-OH is 1. The van der Waals surface area contributed by atoms with Gasteiger partial charge < -0.3 is 15.3 Å². The molecule has 0 aromatic carbocycles. The second kappa shape index (κ2) is 9.75. The van der Waals surface area contributed by atoms with Crippen molar-refractivity contribution in [2.45, 2.75) is 77.7 Å². The van der Waals surface area contributed by atoms with Crippen molar-refractivity contribution in [3.8, 4) is 0 Å². The van der Waals surface area contributed by atoms with Gasteiger partial charge in [-0.3, -0.25) is 9.59 Å². The Morgan fingerprint density at radius 2 is 1.30 bits per heavy atom. The quantitative estimate of drug-likeness (QED) is 0.379. The van der Waals surface area contributed by atoms with Gasteiger partial charge in [0.25, 0.3) is 0 Å². The molecule has 3 N–H and O–H groups in total. The lowest BCUT2D eigenvalue weighted by Crippen LogP contribution is -2.47. The molecule has 118 valence electrons. The third-order valence-electron chi connectivity index (χ3n) is 3.90. The van der Waals surface area contributed by atoms with E-state index in [0.29, 0.717) is 6.42 Å². The van der Waals surface area contributed by atoms with Crippen LogP contribution in [0.3, 0.4) is 0 Å². The van der Waals surface area contributed by atoms with E-state index in [-0.39, 0.29) is 6.42 Å². The van der Waals surface area contributed by atoms with Crippen molar-refractivity contribution in [1.29, 1.82) is 0 Å². The lowest BCUT2D eigenvalue weighted by atomic mass is 9.78. The minimum Gasteiger partial charge on any atom is -0.480 e. The van der Waals surface area contributed by atoms with Crippen LogP contribution in [0.4, 0.5) is 0 Å². The van der Waals surface area contributed by atoms with Crippen molar-refractivity contribution in [3.05, 3.63) is 0 Å². The third-order valence-corrected chi connectivity index (χ3v) is 3.90. The Hall–Kier alpha value is -1.10. The predicted octanol–water partition coefficient (Wildman–Crippen LogP) is 3.05. The number of unbranched alkanes of at least 4 members (excludes halogenated alkanes) is 7. The molecule has 0 bridgehead atoms. The lowest BCUT2D eigenvalue weighted by molar-refractivity contribution is -0.173. The van der Waals surface area contributed by atoms with Gasteiger partial charge in [0.2, 0.25) is 0 Å². The Kier molecular flexibility index (Phi) is 9.21. The van der Waals surface area contributed by atoms with Crippen molar-refractivity contribution in [3.63, 3.8) is 0 Å². The molecule has 0 rings (SSSR count).